The van der Waals surface area contributed by atoms with Crippen molar-refractivity contribution in [2.24, 2.45) is 0 Å². The zero-order valence-corrected chi connectivity index (χ0v) is 13.4. The van der Waals surface area contributed by atoms with Gasteiger partial charge in [-0.15, -0.1) is 0 Å². The predicted octanol–water partition coefficient (Wildman–Crippen LogP) is 1.95. The van der Waals surface area contributed by atoms with Crippen molar-refractivity contribution in [1.29, 1.82) is 0 Å². The predicted molar refractivity (Wildman–Crippen MR) is 83.5 cm³/mol. The summed E-state index contributed by atoms with van der Waals surface area (Å²) in [5, 5.41) is 5.86. The first kappa shape index (κ1) is 17.3. The van der Waals surface area contributed by atoms with Gasteiger partial charge in [0.25, 0.3) is 0 Å². The van der Waals surface area contributed by atoms with E-state index in [1.54, 1.807) is 6.92 Å². The molecule has 0 fully saturated rings. The Morgan fingerprint density at radius 2 is 2.09 bits per heavy atom. The van der Waals surface area contributed by atoms with Crippen LogP contribution in [0.4, 0.5) is 8.78 Å². The third-order valence-electron chi connectivity index (χ3n) is 3.28. The monoisotopic (exact) mass is 342 g/mol. The summed E-state index contributed by atoms with van der Waals surface area (Å²) in [6.07, 6.45) is 0. The molecular weight excluding hydrogens is 326 g/mol. The molecule has 2 rings (SSSR count). The lowest BCUT2D eigenvalue weighted by molar-refractivity contribution is -0.140. The zero-order chi connectivity index (χ0) is 17.0. The number of rotatable bonds is 5. The molecule has 0 saturated heterocycles. The van der Waals surface area contributed by atoms with E-state index >= 15 is 0 Å². The molecule has 1 aromatic rings. The first-order valence-corrected chi connectivity index (χ1v) is 7.24. The van der Waals surface area contributed by atoms with Crippen LogP contribution < -0.4 is 10.6 Å². The summed E-state index contributed by atoms with van der Waals surface area (Å²) in [6, 6.07) is 2.28. The Morgan fingerprint density at radius 3 is 2.74 bits per heavy atom. The molecular formula is C15H16F2N2O3S. The molecule has 1 aliphatic rings. The molecule has 0 aromatic heterocycles. The molecule has 0 spiro atoms. The van der Waals surface area contributed by atoms with Crippen LogP contribution in [-0.2, 0) is 14.3 Å². The van der Waals surface area contributed by atoms with Crippen LogP contribution in [0.3, 0.4) is 0 Å². The van der Waals surface area contributed by atoms with Crippen molar-refractivity contribution in [3.63, 3.8) is 0 Å². The fourth-order valence-electron chi connectivity index (χ4n) is 2.23. The van der Waals surface area contributed by atoms with Crippen molar-refractivity contribution >= 4 is 23.3 Å². The fraction of sp³-hybridized carbons (Fsp3) is 0.333. The lowest BCUT2D eigenvalue weighted by Crippen LogP contribution is -2.45. The van der Waals surface area contributed by atoms with Crippen LogP contribution in [0.15, 0.2) is 29.5 Å². The second-order valence-electron chi connectivity index (χ2n) is 4.86. The average molecular weight is 342 g/mol. The van der Waals surface area contributed by atoms with Gasteiger partial charge >= 0.3 is 5.97 Å². The number of halogens is 2. The summed E-state index contributed by atoms with van der Waals surface area (Å²) in [4.78, 5) is 12.3. The Labute approximate surface area is 137 Å². The summed E-state index contributed by atoms with van der Waals surface area (Å²) in [5.74, 6) is -2.11. The largest absolute Gasteiger partial charge is 0.460 e. The van der Waals surface area contributed by atoms with E-state index in [0.29, 0.717) is 5.70 Å². The molecule has 1 atom stereocenters. The van der Waals surface area contributed by atoms with Gasteiger partial charge in [-0.25, -0.2) is 13.6 Å². The first-order valence-electron chi connectivity index (χ1n) is 6.83. The maximum atomic E-state index is 14.1. The van der Waals surface area contributed by atoms with Gasteiger partial charge in [0.15, 0.2) is 5.11 Å². The molecule has 124 valence electrons. The Hall–Kier alpha value is -2.06. The molecule has 0 bridgehead atoms. The van der Waals surface area contributed by atoms with Crippen LogP contribution >= 0.6 is 12.2 Å². The third-order valence-corrected chi connectivity index (χ3v) is 3.50. The van der Waals surface area contributed by atoms with E-state index in [9.17, 15) is 13.6 Å². The van der Waals surface area contributed by atoms with Crippen LogP contribution in [0.2, 0.25) is 0 Å². The summed E-state index contributed by atoms with van der Waals surface area (Å²) in [6.45, 7) is 1.94. The summed E-state index contributed by atoms with van der Waals surface area (Å²) in [5.41, 5.74) is 0.735. The Kier molecular flexibility index (Phi) is 5.62. The molecule has 0 aliphatic carbocycles. The highest BCUT2D eigenvalue weighted by molar-refractivity contribution is 7.80. The average Bonchev–Trinajstić information content (AvgIpc) is 2.46. The molecule has 8 heteroatoms. The van der Waals surface area contributed by atoms with Gasteiger partial charge in [0.2, 0.25) is 0 Å². The summed E-state index contributed by atoms with van der Waals surface area (Å²) in [7, 11) is 1.48. The molecule has 0 amide bonds. The molecule has 5 nitrogen and oxygen atoms in total. The highest BCUT2D eigenvalue weighted by atomic mass is 32.1. The van der Waals surface area contributed by atoms with Gasteiger partial charge in [0, 0.05) is 24.4 Å². The van der Waals surface area contributed by atoms with Crippen molar-refractivity contribution in [3.8, 4) is 0 Å². The Balaban J connectivity index is 2.36. The van der Waals surface area contributed by atoms with Gasteiger partial charge in [0.05, 0.1) is 18.2 Å². The number of carbonyl (C=O) groups excluding carboxylic acids is 1. The van der Waals surface area contributed by atoms with Crippen molar-refractivity contribution in [3.05, 3.63) is 46.7 Å². The number of thiocarbonyl (C=S) groups is 1. The van der Waals surface area contributed by atoms with E-state index in [-0.39, 0.29) is 29.5 Å². The van der Waals surface area contributed by atoms with Gasteiger partial charge in [-0.3, -0.25) is 0 Å². The highest BCUT2D eigenvalue weighted by Crippen LogP contribution is 2.29. The van der Waals surface area contributed by atoms with E-state index < -0.39 is 23.6 Å². The topological polar surface area (TPSA) is 59.6 Å². The number of methoxy groups -OCH3 is 1. The van der Waals surface area contributed by atoms with Gasteiger partial charge in [-0.2, -0.15) is 0 Å². The van der Waals surface area contributed by atoms with Crippen LogP contribution in [-0.4, -0.2) is 31.4 Å². The molecule has 2 N–H and O–H groups in total. The van der Waals surface area contributed by atoms with Crippen LogP contribution in [0.25, 0.3) is 0 Å². The quantitative estimate of drug-likeness (QED) is 0.485. The van der Waals surface area contributed by atoms with E-state index in [2.05, 4.69) is 10.6 Å². The highest BCUT2D eigenvalue weighted by Gasteiger charge is 2.32. The fourth-order valence-corrected chi connectivity index (χ4v) is 2.50. The van der Waals surface area contributed by atoms with Crippen molar-refractivity contribution in [2.75, 3.05) is 20.3 Å². The third kappa shape index (κ3) is 4.02. The number of nitrogens with one attached hydrogen (secondary N) is 2. The van der Waals surface area contributed by atoms with E-state index in [4.69, 9.17) is 21.7 Å². The maximum absolute atomic E-state index is 14.1. The molecule has 23 heavy (non-hydrogen) atoms. The standard InChI is InChI=1S/C15H16F2N2O3S/c1-8-12(14(20)22-6-5-21-2)13(19-15(23)18-8)10-4-3-9(16)7-11(10)17/h3-4,7,13H,5-6H2,1-2H3,(H2,18,19,23)/t13-/m1/s1. The van der Waals surface area contributed by atoms with Crippen LogP contribution in [0, 0.1) is 11.6 Å². The van der Waals surface area contributed by atoms with Gasteiger partial charge in [-0.05, 0) is 25.2 Å². The van der Waals surface area contributed by atoms with Crippen LogP contribution in [0.1, 0.15) is 18.5 Å². The number of benzene rings is 1. The summed E-state index contributed by atoms with van der Waals surface area (Å²) >= 11 is 5.05. The van der Waals surface area contributed by atoms with E-state index in [1.807, 2.05) is 0 Å². The number of carbonyl (C=O) groups is 1. The van der Waals surface area contributed by atoms with Gasteiger partial charge in [0.1, 0.15) is 18.2 Å². The van der Waals surface area contributed by atoms with Gasteiger partial charge < -0.3 is 20.1 Å². The van der Waals surface area contributed by atoms with Crippen molar-refractivity contribution in [1.82, 2.24) is 10.6 Å². The Morgan fingerprint density at radius 1 is 1.35 bits per heavy atom. The smallest absolute Gasteiger partial charge is 0.338 e. The van der Waals surface area contributed by atoms with Crippen LogP contribution in [0.5, 0.6) is 0 Å². The minimum Gasteiger partial charge on any atom is -0.460 e. The number of ether oxygens (including phenoxy) is 2. The van der Waals surface area contributed by atoms with E-state index in [0.717, 1.165) is 12.1 Å². The zero-order valence-electron chi connectivity index (χ0n) is 12.6. The van der Waals surface area contributed by atoms with Gasteiger partial charge in [-0.1, -0.05) is 6.07 Å². The van der Waals surface area contributed by atoms with E-state index in [1.165, 1.54) is 13.2 Å². The minimum atomic E-state index is -0.862. The molecule has 1 heterocycles. The molecule has 0 saturated carbocycles. The maximum Gasteiger partial charge on any atom is 0.338 e. The van der Waals surface area contributed by atoms with Crippen molar-refractivity contribution in [2.45, 2.75) is 13.0 Å². The second kappa shape index (κ2) is 7.47. The normalized spacial score (nSPS) is 17.6. The minimum absolute atomic E-state index is 0.0647. The molecule has 0 radical (unpaired) electrons. The molecule has 0 unspecified atom stereocenters. The number of allylic oxidation sites excluding steroid dienone is 1. The lowest BCUT2D eigenvalue weighted by atomic mass is 9.95. The molecule has 1 aromatic carbocycles. The number of hydrogen-bond donors (Lipinski definition) is 2. The molecule has 1 aliphatic heterocycles. The lowest BCUT2D eigenvalue weighted by Gasteiger charge is -2.30. The van der Waals surface area contributed by atoms with Crippen molar-refractivity contribution < 1.29 is 23.0 Å². The number of hydrogen-bond acceptors (Lipinski definition) is 4. The summed E-state index contributed by atoms with van der Waals surface area (Å²) < 4.78 is 37.1. The number of esters is 1. The Bertz CT molecular complexity index is 664. The second-order valence-corrected chi connectivity index (χ2v) is 5.27. The first-order chi connectivity index (χ1) is 10.9. The SMILES string of the molecule is COCCOC(=O)C1=C(C)NC(=S)N[C@@H]1c1ccc(F)cc1F.